The van der Waals surface area contributed by atoms with E-state index in [1.807, 2.05) is 26.0 Å². The number of Topliss-reactive ketones (excluding diaryl/α,β-unsaturated/α-hetero) is 1. The highest BCUT2D eigenvalue weighted by atomic mass is 16.1. The third-order valence-electron chi connectivity index (χ3n) is 3.76. The number of benzene rings is 2. The minimum absolute atomic E-state index is 0.0317. The molecule has 1 heterocycles. The van der Waals surface area contributed by atoms with Crippen LogP contribution in [0.2, 0.25) is 0 Å². The molecule has 3 aromatic rings. The van der Waals surface area contributed by atoms with Crippen LogP contribution in [0.25, 0.3) is 0 Å². The van der Waals surface area contributed by atoms with Crippen LogP contribution < -0.4 is 10.6 Å². The number of anilines is 4. The van der Waals surface area contributed by atoms with Gasteiger partial charge in [0.2, 0.25) is 5.95 Å². The topological polar surface area (TPSA) is 79.8 Å². The monoisotopic (exact) mass is 333 g/mol. The van der Waals surface area contributed by atoms with Gasteiger partial charge in [-0.3, -0.25) is 4.79 Å². The molecule has 0 amide bonds. The van der Waals surface area contributed by atoms with Gasteiger partial charge in [-0.05, 0) is 62.2 Å². The standard InChI is InChI=1S/C19H19N5O/c1-12-4-5-13(2)17(10-12)22-18-11-20-24-19(23-18)21-16-8-6-15(7-9-16)14(3)25/h4-11H,1-3H3,(H2,21,22,23,24). The Hall–Kier alpha value is -3.28. The molecular formula is C19H19N5O. The Bertz CT molecular complexity index is 906. The molecule has 126 valence electrons. The van der Waals surface area contributed by atoms with Crippen LogP contribution in [-0.2, 0) is 0 Å². The highest BCUT2D eigenvalue weighted by Crippen LogP contribution is 2.21. The molecule has 0 aliphatic carbocycles. The minimum atomic E-state index is 0.0317. The molecule has 0 saturated heterocycles. The molecule has 0 aliphatic rings. The Balaban J connectivity index is 1.77. The number of hydrogen-bond acceptors (Lipinski definition) is 6. The molecule has 3 rings (SSSR count). The van der Waals surface area contributed by atoms with E-state index < -0.39 is 0 Å². The first-order chi connectivity index (χ1) is 12.0. The summed E-state index contributed by atoms with van der Waals surface area (Å²) in [4.78, 5) is 15.8. The highest BCUT2D eigenvalue weighted by Gasteiger charge is 2.05. The van der Waals surface area contributed by atoms with E-state index in [9.17, 15) is 4.79 Å². The van der Waals surface area contributed by atoms with Crippen LogP contribution in [0, 0.1) is 13.8 Å². The van der Waals surface area contributed by atoms with Gasteiger partial charge < -0.3 is 10.6 Å². The average Bonchev–Trinajstić information content (AvgIpc) is 2.59. The lowest BCUT2D eigenvalue weighted by Crippen LogP contribution is -2.03. The lowest BCUT2D eigenvalue weighted by molar-refractivity contribution is 0.101. The fourth-order valence-corrected chi connectivity index (χ4v) is 2.34. The second-order valence-corrected chi connectivity index (χ2v) is 5.87. The quantitative estimate of drug-likeness (QED) is 0.682. The fraction of sp³-hybridized carbons (Fsp3) is 0.158. The van der Waals surface area contributed by atoms with E-state index in [1.54, 1.807) is 18.3 Å². The van der Waals surface area contributed by atoms with Gasteiger partial charge in [0.15, 0.2) is 11.6 Å². The number of hydrogen-bond donors (Lipinski definition) is 2. The lowest BCUT2D eigenvalue weighted by atomic mass is 10.1. The van der Waals surface area contributed by atoms with E-state index in [0.717, 1.165) is 16.9 Å². The first-order valence-electron chi connectivity index (χ1n) is 7.93. The van der Waals surface area contributed by atoms with Gasteiger partial charge >= 0.3 is 0 Å². The molecule has 2 N–H and O–H groups in total. The van der Waals surface area contributed by atoms with Crippen molar-refractivity contribution in [1.29, 1.82) is 0 Å². The van der Waals surface area contributed by atoms with E-state index in [4.69, 9.17) is 0 Å². The van der Waals surface area contributed by atoms with Crippen LogP contribution in [0.4, 0.5) is 23.1 Å². The first kappa shape index (κ1) is 16.6. The molecule has 0 unspecified atom stereocenters. The predicted molar refractivity (Wildman–Crippen MR) is 98.8 cm³/mol. The van der Waals surface area contributed by atoms with Crippen molar-refractivity contribution in [1.82, 2.24) is 15.2 Å². The van der Waals surface area contributed by atoms with Gasteiger partial charge in [0, 0.05) is 16.9 Å². The zero-order valence-electron chi connectivity index (χ0n) is 14.4. The van der Waals surface area contributed by atoms with Gasteiger partial charge in [0.05, 0.1) is 6.20 Å². The zero-order chi connectivity index (χ0) is 17.8. The number of ketones is 1. The summed E-state index contributed by atoms with van der Waals surface area (Å²) in [5, 5.41) is 14.3. The third kappa shape index (κ3) is 4.17. The summed E-state index contributed by atoms with van der Waals surface area (Å²) in [5.74, 6) is 1.02. The Morgan fingerprint density at radius 3 is 2.48 bits per heavy atom. The van der Waals surface area contributed by atoms with Crippen molar-refractivity contribution >= 4 is 28.9 Å². The van der Waals surface area contributed by atoms with Crippen molar-refractivity contribution < 1.29 is 4.79 Å². The first-order valence-corrected chi connectivity index (χ1v) is 7.93. The van der Waals surface area contributed by atoms with Gasteiger partial charge in [0.1, 0.15) is 0 Å². The number of aromatic nitrogens is 3. The average molecular weight is 333 g/mol. The molecule has 1 aromatic heterocycles. The lowest BCUT2D eigenvalue weighted by Gasteiger charge is -2.10. The normalized spacial score (nSPS) is 10.4. The predicted octanol–water partition coefficient (Wildman–Crippen LogP) is 4.18. The van der Waals surface area contributed by atoms with E-state index >= 15 is 0 Å². The highest BCUT2D eigenvalue weighted by molar-refractivity contribution is 5.94. The van der Waals surface area contributed by atoms with E-state index in [2.05, 4.69) is 44.0 Å². The van der Waals surface area contributed by atoms with Crippen molar-refractivity contribution in [2.24, 2.45) is 0 Å². The molecule has 0 atom stereocenters. The van der Waals surface area contributed by atoms with E-state index in [-0.39, 0.29) is 5.78 Å². The van der Waals surface area contributed by atoms with Crippen LogP contribution in [0.15, 0.2) is 48.7 Å². The Kier molecular flexibility index (Phi) is 4.70. The van der Waals surface area contributed by atoms with Crippen LogP contribution in [0.5, 0.6) is 0 Å². The SMILES string of the molecule is CC(=O)c1ccc(Nc2nncc(Nc3cc(C)ccc3C)n2)cc1. The molecular weight excluding hydrogens is 314 g/mol. The molecule has 0 radical (unpaired) electrons. The summed E-state index contributed by atoms with van der Waals surface area (Å²) in [5.41, 5.74) is 4.72. The van der Waals surface area contributed by atoms with Crippen LogP contribution in [-0.4, -0.2) is 21.0 Å². The summed E-state index contributed by atoms with van der Waals surface area (Å²) in [6.45, 7) is 5.62. The van der Waals surface area contributed by atoms with Crippen molar-refractivity contribution in [3.8, 4) is 0 Å². The molecule has 0 aliphatic heterocycles. The van der Waals surface area contributed by atoms with Gasteiger partial charge in [-0.15, -0.1) is 5.10 Å². The van der Waals surface area contributed by atoms with E-state index in [0.29, 0.717) is 17.3 Å². The number of carbonyl (C=O) groups is 1. The maximum absolute atomic E-state index is 11.3. The minimum Gasteiger partial charge on any atom is -0.339 e. The largest absolute Gasteiger partial charge is 0.339 e. The molecule has 0 bridgehead atoms. The summed E-state index contributed by atoms with van der Waals surface area (Å²) >= 11 is 0. The maximum Gasteiger partial charge on any atom is 0.249 e. The van der Waals surface area contributed by atoms with Gasteiger partial charge in [-0.1, -0.05) is 12.1 Å². The van der Waals surface area contributed by atoms with Crippen LogP contribution in [0.3, 0.4) is 0 Å². The van der Waals surface area contributed by atoms with Crippen molar-refractivity contribution in [3.63, 3.8) is 0 Å². The number of rotatable bonds is 5. The molecule has 25 heavy (non-hydrogen) atoms. The number of carbonyl (C=O) groups excluding carboxylic acids is 1. The molecule has 0 spiro atoms. The van der Waals surface area contributed by atoms with Crippen LogP contribution in [0.1, 0.15) is 28.4 Å². The van der Waals surface area contributed by atoms with Gasteiger partial charge in [-0.2, -0.15) is 10.1 Å². The molecule has 0 saturated carbocycles. The summed E-state index contributed by atoms with van der Waals surface area (Å²) in [6.07, 6.45) is 1.58. The Morgan fingerprint density at radius 1 is 1.00 bits per heavy atom. The van der Waals surface area contributed by atoms with Crippen molar-refractivity contribution in [2.45, 2.75) is 20.8 Å². The van der Waals surface area contributed by atoms with Crippen molar-refractivity contribution in [3.05, 3.63) is 65.4 Å². The third-order valence-corrected chi connectivity index (χ3v) is 3.76. The number of aryl methyl sites for hydroxylation is 2. The Morgan fingerprint density at radius 2 is 1.76 bits per heavy atom. The van der Waals surface area contributed by atoms with Crippen molar-refractivity contribution in [2.75, 3.05) is 10.6 Å². The zero-order valence-corrected chi connectivity index (χ0v) is 14.4. The summed E-state index contributed by atoms with van der Waals surface area (Å²) in [7, 11) is 0. The molecule has 6 nitrogen and oxygen atoms in total. The maximum atomic E-state index is 11.3. The summed E-state index contributed by atoms with van der Waals surface area (Å²) in [6, 6.07) is 13.3. The molecule has 6 heteroatoms. The van der Waals surface area contributed by atoms with Gasteiger partial charge in [-0.25, -0.2) is 0 Å². The summed E-state index contributed by atoms with van der Waals surface area (Å²) < 4.78 is 0. The second kappa shape index (κ2) is 7.09. The molecule has 2 aromatic carbocycles. The van der Waals surface area contributed by atoms with Crippen LogP contribution >= 0.6 is 0 Å². The van der Waals surface area contributed by atoms with Gasteiger partial charge in [0.25, 0.3) is 0 Å². The Labute approximate surface area is 146 Å². The second-order valence-electron chi connectivity index (χ2n) is 5.87. The fourth-order valence-electron chi connectivity index (χ4n) is 2.34. The smallest absolute Gasteiger partial charge is 0.249 e. The number of nitrogens with zero attached hydrogens (tertiary/aromatic N) is 3. The molecule has 0 fully saturated rings. The number of nitrogens with one attached hydrogen (secondary N) is 2. The van der Waals surface area contributed by atoms with E-state index in [1.165, 1.54) is 12.5 Å².